The van der Waals surface area contributed by atoms with Crippen LogP contribution in [0.3, 0.4) is 0 Å². The number of amides is 1. The first-order valence-corrected chi connectivity index (χ1v) is 11.3. The highest BCUT2D eigenvalue weighted by atomic mass is 32.2. The van der Waals surface area contributed by atoms with Crippen molar-refractivity contribution in [1.82, 2.24) is 14.1 Å². The molecule has 0 atom stereocenters. The van der Waals surface area contributed by atoms with E-state index in [0.717, 1.165) is 11.3 Å². The molecule has 1 N–H and O–H groups in total. The van der Waals surface area contributed by atoms with Crippen LogP contribution in [-0.2, 0) is 16.6 Å². The summed E-state index contributed by atoms with van der Waals surface area (Å²) in [5.74, 6) is 0.261. The average Bonchev–Trinajstić information content (AvgIpc) is 3.08. The Bertz CT molecular complexity index is 1100. The predicted octanol–water partition coefficient (Wildman–Crippen LogP) is 3.52. The Kier molecular flexibility index (Phi) is 6.69. The number of benzene rings is 2. The zero-order valence-corrected chi connectivity index (χ0v) is 18.2. The van der Waals surface area contributed by atoms with Gasteiger partial charge in [0.25, 0.3) is 5.91 Å². The third kappa shape index (κ3) is 4.77. The Morgan fingerprint density at radius 2 is 1.67 bits per heavy atom. The summed E-state index contributed by atoms with van der Waals surface area (Å²) < 4.78 is 28.3. The summed E-state index contributed by atoms with van der Waals surface area (Å²) in [4.78, 5) is 12.9. The standard InChI is InChI=1S/C22H26N4O3S/c1-4-25(5-2)30(28,29)20-13-11-19(12-14-20)22(27)23-21-15-17(3)24-26(21)16-18-9-7-6-8-10-18/h6-15H,4-5,16H2,1-3H3,(H,23,27). The number of aromatic nitrogens is 2. The monoisotopic (exact) mass is 426 g/mol. The van der Waals surface area contributed by atoms with E-state index < -0.39 is 10.0 Å². The van der Waals surface area contributed by atoms with Crippen LogP contribution in [0.2, 0.25) is 0 Å². The van der Waals surface area contributed by atoms with Crippen LogP contribution in [0.25, 0.3) is 0 Å². The second-order valence-electron chi connectivity index (χ2n) is 6.88. The van der Waals surface area contributed by atoms with Gasteiger partial charge in [0.2, 0.25) is 10.0 Å². The molecule has 2 aromatic carbocycles. The molecule has 3 rings (SSSR count). The summed E-state index contributed by atoms with van der Waals surface area (Å²) in [6, 6.07) is 17.6. The SMILES string of the molecule is CCN(CC)S(=O)(=O)c1ccc(C(=O)Nc2cc(C)nn2Cc2ccccc2)cc1. The van der Waals surface area contributed by atoms with Crippen molar-refractivity contribution in [3.05, 3.63) is 77.5 Å². The smallest absolute Gasteiger partial charge is 0.256 e. The van der Waals surface area contributed by atoms with E-state index in [2.05, 4.69) is 10.4 Å². The summed E-state index contributed by atoms with van der Waals surface area (Å²) in [7, 11) is -3.55. The Hall–Kier alpha value is -2.97. The fraction of sp³-hybridized carbons (Fsp3) is 0.273. The topological polar surface area (TPSA) is 84.3 Å². The first kappa shape index (κ1) is 21.7. The third-order valence-corrected chi connectivity index (χ3v) is 6.84. The summed E-state index contributed by atoms with van der Waals surface area (Å²) in [5, 5.41) is 7.33. The van der Waals surface area contributed by atoms with Crippen LogP contribution >= 0.6 is 0 Å². The Labute approximate surface area is 177 Å². The molecule has 0 aliphatic rings. The molecule has 0 radical (unpaired) electrons. The highest BCUT2D eigenvalue weighted by Crippen LogP contribution is 2.18. The van der Waals surface area contributed by atoms with Crippen LogP contribution < -0.4 is 5.32 Å². The number of carbonyl (C=O) groups is 1. The summed E-state index contributed by atoms with van der Waals surface area (Å²) in [6.45, 7) is 6.78. The first-order valence-electron chi connectivity index (χ1n) is 9.85. The average molecular weight is 427 g/mol. The first-order chi connectivity index (χ1) is 14.3. The number of nitrogens with one attached hydrogen (secondary N) is 1. The molecule has 3 aromatic rings. The van der Waals surface area contributed by atoms with E-state index in [9.17, 15) is 13.2 Å². The fourth-order valence-corrected chi connectivity index (χ4v) is 4.66. The van der Waals surface area contributed by atoms with Crippen LogP contribution in [0.1, 0.15) is 35.5 Å². The van der Waals surface area contributed by atoms with Crippen molar-refractivity contribution in [3.8, 4) is 0 Å². The number of carbonyl (C=O) groups excluding carboxylic acids is 1. The van der Waals surface area contributed by atoms with Gasteiger partial charge in [0, 0.05) is 24.7 Å². The quantitative estimate of drug-likeness (QED) is 0.597. The molecule has 0 fully saturated rings. The van der Waals surface area contributed by atoms with Gasteiger partial charge in [-0.1, -0.05) is 44.2 Å². The van der Waals surface area contributed by atoms with Crippen LogP contribution in [0, 0.1) is 6.92 Å². The number of hydrogen-bond donors (Lipinski definition) is 1. The van der Waals surface area contributed by atoms with Crippen molar-refractivity contribution < 1.29 is 13.2 Å². The molecule has 0 aliphatic carbocycles. The Balaban J connectivity index is 1.77. The Morgan fingerprint density at radius 1 is 1.03 bits per heavy atom. The molecule has 1 heterocycles. The van der Waals surface area contributed by atoms with Crippen LogP contribution in [0.5, 0.6) is 0 Å². The van der Waals surface area contributed by atoms with Crippen molar-refractivity contribution >= 4 is 21.7 Å². The molecule has 0 bridgehead atoms. The van der Waals surface area contributed by atoms with E-state index in [1.165, 1.54) is 28.6 Å². The number of anilines is 1. The van der Waals surface area contributed by atoms with Crippen molar-refractivity contribution in [3.63, 3.8) is 0 Å². The van der Waals surface area contributed by atoms with E-state index >= 15 is 0 Å². The van der Waals surface area contributed by atoms with Crippen LogP contribution in [0.15, 0.2) is 65.6 Å². The zero-order chi connectivity index (χ0) is 21.7. The number of aryl methyl sites for hydroxylation is 1. The van der Waals surface area contributed by atoms with Gasteiger partial charge in [-0.3, -0.25) is 4.79 Å². The van der Waals surface area contributed by atoms with Gasteiger partial charge < -0.3 is 5.32 Å². The highest BCUT2D eigenvalue weighted by molar-refractivity contribution is 7.89. The zero-order valence-electron chi connectivity index (χ0n) is 17.4. The van der Waals surface area contributed by atoms with Gasteiger partial charge in [0.1, 0.15) is 5.82 Å². The second-order valence-corrected chi connectivity index (χ2v) is 8.82. The lowest BCUT2D eigenvalue weighted by Crippen LogP contribution is -2.30. The summed E-state index contributed by atoms with van der Waals surface area (Å²) in [6.07, 6.45) is 0. The van der Waals surface area contributed by atoms with Gasteiger partial charge in [-0.2, -0.15) is 9.40 Å². The van der Waals surface area contributed by atoms with Crippen molar-refractivity contribution in [2.24, 2.45) is 0 Å². The number of nitrogens with zero attached hydrogens (tertiary/aromatic N) is 3. The molecule has 30 heavy (non-hydrogen) atoms. The molecule has 158 valence electrons. The van der Waals surface area contributed by atoms with Gasteiger partial charge in [0.15, 0.2) is 0 Å². The minimum Gasteiger partial charge on any atom is -0.307 e. The number of sulfonamides is 1. The second kappa shape index (κ2) is 9.23. The molecule has 0 saturated heterocycles. The van der Waals surface area contributed by atoms with E-state index in [1.807, 2.05) is 37.3 Å². The maximum atomic E-state index is 12.7. The molecule has 0 unspecified atom stereocenters. The molecule has 1 aromatic heterocycles. The molecule has 1 amide bonds. The van der Waals surface area contributed by atoms with Gasteiger partial charge in [-0.05, 0) is 36.8 Å². The lowest BCUT2D eigenvalue weighted by molar-refractivity contribution is 0.102. The highest BCUT2D eigenvalue weighted by Gasteiger charge is 2.22. The maximum absolute atomic E-state index is 12.7. The van der Waals surface area contributed by atoms with Gasteiger partial charge in [-0.15, -0.1) is 0 Å². The van der Waals surface area contributed by atoms with Gasteiger partial charge in [-0.25, -0.2) is 13.1 Å². The molecular formula is C22H26N4O3S. The normalized spacial score (nSPS) is 11.6. The van der Waals surface area contributed by atoms with E-state index in [-0.39, 0.29) is 10.8 Å². The van der Waals surface area contributed by atoms with Crippen molar-refractivity contribution in [2.45, 2.75) is 32.2 Å². The molecular weight excluding hydrogens is 400 g/mol. The molecule has 0 spiro atoms. The van der Waals surface area contributed by atoms with E-state index in [0.29, 0.717) is 31.0 Å². The minimum absolute atomic E-state index is 0.174. The Morgan fingerprint density at radius 3 is 2.27 bits per heavy atom. The van der Waals surface area contributed by atoms with E-state index in [1.54, 1.807) is 24.6 Å². The molecule has 7 nitrogen and oxygen atoms in total. The molecule has 0 saturated carbocycles. The lowest BCUT2D eigenvalue weighted by atomic mass is 10.2. The summed E-state index contributed by atoms with van der Waals surface area (Å²) in [5.41, 5.74) is 2.24. The lowest BCUT2D eigenvalue weighted by Gasteiger charge is -2.18. The minimum atomic E-state index is -3.55. The number of rotatable bonds is 8. The third-order valence-electron chi connectivity index (χ3n) is 4.78. The van der Waals surface area contributed by atoms with Crippen LogP contribution in [0.4, 0.5) is 5.82 Å². The maximum Gasteiger partial charge on any atom is 0.256 e. The molecule has 8 heteroatoms. The predicted molar refractivity (Wildman–Crippen MR) is 117 cm³/mol. The fourth-order valence-electron chi connectivity index (χ4n) is 3.20. The largest absolute Gasteiger partial charge is 0.307 e. The van der Waals surface area contributed by atoms with Gasteiger partial charge >= 0.3 is 0 Å². The van der Waals surface area contributed by atoms with Crippen molar-refractivity contribution in [2.75, 3.05) is 18.4 Å². The van der Waals surface area contributed by atoms with Crippen molar-refractivity contribution in [1.29, 1.82) is 0 Å². The van der Waals surface area contributed by atoms with Crippen LogP contribution in [-0.4, -0.2) is 41.5 Å². The number of hydrogen-bond acceptors (Lipinski definition) is 4. The molecule has 0 aliphatic heterocycles. The summed E-state index contributed by atoms with van der Waals surface area (Å²) >= 11 is 0. The van der Waals surface area contributed by atoms with E-state index in [4.69, 9.17) is 0 Å². The van der Waals surface area contributed by atoms with Gasteiger partial charge in [0.05, 0.1) is 17.1 Å².